The second-order valence-electron chi connectivity index (χ2n) is 6.16. The number of amides is 2. The van der Waals surface area contributed by atoms with Crippen LogP contribution < -0.4 is 15.4 Å². The van der Waals surface area contributed by atoms with E-state index in [4.69, 9.17) is 16.3 Å². The summed E-state index contributed by atoms with van der Waals surface area (Å²) in [7, 11) is 1.56. The van der Waals surface area contributed by atoms with E-state index in [1.165, 1.54) is 11.3 Å². The number of anilines is 1. The van der Waals surface area contributed by atoms with Gasteiger partial charge in [0.1, 0.15) is 5.75 Å². The standard InChI is InChI=1S/C21H20ClN3O3S/c1-28-18-10-9-15(12-16(18)22)17-13-29-21(24-17)25-19(26)8-5-11-23-20(27)14-6-3-2-4-7-14/h2-4,6-7,9-10,12-13H,5,8,11H2,1H3,(H,23,27)(H,24,25,26). The first-order valence-corrected chi connectivity index (χ1v) is 10.2. The van der Waals surface area contributed by atoms with Gasteiger partial charge in [0.15, 0.2) is 5.13 Å². The molecule has 150 valence electrons. The molecule has 2 aromatic carbocycles. The van der Waals surface area contributed by atoms with E-state index in [0.29, 0.717) is 40.9 Å². The van der Waals surface area contributed by atoms with Crippen molar-refractivity contribution in [1.29, 1.82) is 0 Å². The summed E-state index contributed by atoms with van der Waals surface area (Å²) in [5.41, 5.74) is 2.17. The van der Waals surface area contributed by atoms with E-state index in [9.17, 15) is 9.59 Å². The molecule has 0 atom stereocenters. The number of carbonyl (C=O) groups is 2. The summed E-state index contributed by atoms with van der Waals surface area (Å²) in [5.74, 6) is 0.305. The van der Waals surface area contributed by atoms with Gasteiger partial charge in [-0.3, -0.25) is 9.59 Å². The molecule has 3 rings (SSSR count). The number of rotatable bonds is 8. The van der Waals surface area contributed by atoms with Gasteiger partial charge in [-0.1, -0.05) is 29.8 Å². The van der Waals surface area contributed by atoms with E-state index in [2.05, 4.69) is 15.6 Å². The predicted octanol–water partition coefficient (Wildman–Crippen LogP) is 4.62. The average molecular weight is 430 g/mol. The number of thiazole rings is 1. The fraction of sp³-hybridized carbons (Fsp3) is 0.190. The van der Waals surface area contributed by atoms with Gasteiger partial charge in [-0.05, 0) is 36.8 Å². The van der Waals surface area contributed by atoms with Crippen molar-refractivity contribution in [2.75, 3.05) is 19.0 Å². The van der Waals surface area contributed by atoms with Crippen molar-refractivity contribution in [2.24, 2.45) is 0 Å². The maximum Gasteiger partial charge on any atom is 0.251 e. The lowest BCUT2D eigenvalue weighted by Crippen LogP contribution is -2.25. The van der Waals surface area contributed by atoms with Crippen molar-refractivity contribution in [3.05, 3.63) is 64.5 Å². The number of benzene rings is 2. The molecule has 0 bridgehead atoms. The molecule has 0 spiro atoms. The molecule has 1 heterocycles. The van der Waals surface area contributed by atoms with Crippen LogP contribution >= 0.6 is 22.9 Å². The van der Waals surface area contributed by atoms with Crippen LogP contribution in [0.15, 0.2) is 53.9 Å². The van der Waals surface area contributed by atoms with Crippen LogP contribution in [0.3, 0.4) is 0 Å². The topological polar surface area (TPSA) is 80.3 Å². The quantitative estimate of drug-likeness (QED) is 0.512. The fourth-order valence-electron chi connectivity index (χ4n) is 2.61. The summed E-state index contributed by atoms with van der Waals surface area (Å²) in [6.07, 6.45) is 0.828. The third-order valence-electron chi connectivity index (χ3n) is 4.10. The smallest absolute Gasteiger partial charge is 0.251 e. The highest BCUT2D eigenvalue weighted by molar-refractivity contribution is 7.14. The fourth-order valence-corrected chi connectivity index (χ4v) is 3.61. The number of nitrogens with one attached hydrogen (secondary N) is 2. The van der Waals surface area contributed by atoms with E-state index in [1.54, 1.807) is 31.4 Å². The van der Waals surface area contributed by atoms with Gasteiger partial charge in [-0.15, -0.1) is 11.3 Å². The maximum absolute atomic E-state index is 12.1. The highest BCUT2D eigenvalue weighted by Gasteiger charge is 2.10. The van der Waals surface area contributed by atoms with Crippen LogP contribution in [-0.4, -0.2) is 30.5 Å². The monoisotopic (exact) mass is 429 g/mol. The van der Waals surface area contributed by atoms with Gasteiger partial charge in [0.25, 0.3) is 5.91 Å². The third-order valence-corrected chi connectivity index (χ3v) is 5.15. The normalized spacial score (nSPS) is 10.4. The van der Waals surface area contributed by atoms with E-state index in [-0.39, 0.29) is 11.8 Å². The molecule has 0 saturated carbocycles. The molecule has 2 amide bonds. The molecule has 8 heteroatoms. The SMILES string of the molecule is COc1ccc(-c2csc(NC(=O)CCCNC(=O)c3ccccc3)n2)cc1Cl. The van der Waals surface area contributed by atoms with Gasteiger partial charge in [0, 0.05) is 29.5 Å². The summed E-state index contributed by atoms with van der Waals surface area (Å²) < 4.78 is 5.15. The van der Waals surface area contributed by atoms with E-state index in [1.807, 2.05) is 29.6 Å². The van der Waals surface area contributed by atoms with Gasteiger partial charge in [-0.25, -0.2) is 4.98 Å². The molecule has 0 fully saturated rings. The van der Waals surface area contributed by atoms with E-state index < -0.39 is 0 Å². The van der Waals surface area contributed by atoms with Crippen LogP contribution in [-0.2, 0) is 4.79 Å². The first kappa shape index (κ1) is 20.8. The van der Waals surface area contributed by atoms with Crippen molar-refractivity contribution in [2.45, 2.75) is 12.8 Å². The molecule has 1 aromatic heterocycles. The molecule has 0 unspecified atom stereocenters. The molecule has 0 aliphatic rings. The van der Waals surface area contributed by atoms with E-state index >= 15 is 0 Å². The van der Waals surface area contributed by atoms with Gasteiger partial charge in [0.05, 0.1) is 17.8 Å². The first-order valence-electron chi connectivity index (χ1n) is 8.99. The second kappa shape index (κ2) is 10.0. The number of halogens is 1. The molecule has 29 heavy (non-hydrogen) atoms. The Morgan fingerprint density at radius 3 is 2.69 bits per heavy atom. The lowest BCUT2D eigenvalue weighted by molar-refractivity contribution is -0.116. The number of methoxy groups -OCH3 is 1. The Morgan fingerprint density at radius 2 is 1.97 bits per heavy atom. The number of ether oxygens (including phenoxy) is 1. The minimum Gasteiger partial charge on any atom is -0.495 e. The van der Waals surface area contributed by atoms with Crippen LogP contribution in [0.5, 0.6) is 5.75 Å². The summed E-state index contributed by atoms with van der Waals surface area (Å²) in [6.45, 7) is 0.425. The van der Waals surface area contributed by atoms with Crippen LogP contribution in [0.2, 0.25) is 5.02 Å². The molecule has 2 N–H and O–H groups in total. The first-order chi connectivity index (χ1) is 14.1. The van der Waals surface area contributed by atoms with Crippen LogP contribution in [0.25, 0.3) is 11.3 Å². The number of nitrogens with zero attached hydrogens (tertiary/aromatic N) is 1. The predicted molar refractivity (Wildman–Crippen MR) is 116 cm³/mol. The van der Waals surface area contributed by atoms with Crippen molar-refractivity contribution in [3.63, 3.8) is 0 Å². The molecule has 0 saturated heterocycles. The van der Waals surface area contributed by atoms with Crippen LogP contribution in [0.4, 0.5) is 5.13 Å². The number of hydrogen-bond acceptors (Lipinski definition) is 5. The van der Waals surface area contributed by atoms with Crippen molar-refractivity contribution in [1.82, 2.24) is 10.3 Å². The molecular weight excluding hydrogens is 410 g/mol. The minimum atomic E-state index is -0.146. The Labute approximate surface area is 177 Å². The summed E-state index contributed by atoms with van der Waals surface area (Å²) in [5, 5.41) is 8.47. The summed E-state index contributed by atoms with van der Waals surface area (Å²) in [4.78, 5) is 28.5. The van der Waals surface area contributed by atoms with Crippen LogP contribution in [0.1, 0.15) is 23.2 Å². The molecular formula is C21H20ClN3O3S. The Kier molecular flexibility index (Phi) is 7.21. The lowest BCUT2D eigenvalue weighted by atomic mass is 10.2. The Hall–Kier alpha value is -2.90. The molecule has 0 aliphatic heterocycles. The largest absolute Gasteiger partial charge is 0.495 e. The number of hydrogen-bond donors (Lipinski definition) is 2. The Balaban J connectivity index is 1.45. The second-order valence-corrected chi connectivity index (χ2v) is 7.43. The lowest BCUT2D eigenvalue weighted by Gasteiger charge is -2.05. The molecule has 0 aliphatic carbocycles. The Morgan fingerprint density at radius 1 is 1.17 bits per heavy atom. The highest BCUT2D eigenvalue weighted by atomic mass is 35.5. The van der Waals surface area contributed by atoms with E-state index in [0.717, 1.165) is 11.3 Å². The van der Waals surface area contributed by atoms with Crippen molar-refractivity contribution < 1.29 is 14.3 Å². The van der Waals surface area contributed by atoms with Gasteiger partial charge >= 0.3 is 0 Å². The van der Waals surface area contributed by atoms with Gasteiger partial charge in [0.2, 0.25) is 5.91 Å². The Bertz CT molecular complexity index is 992. The van der Waals surface area contributed by atoms with Crippen molar-refractivity contribution >= 4 is 39.9 Å². The summed E-state index contributed by atoms with van der Waals surface area (Å²) in [6, 6.07) is 14.4. The van der Waals surface area contributed by atoms with Gasteiger partial charge in [-0.2, -0.15) is 0 Å². The third kappa shape index (κ3) is 5.79. The minimum absolute atomic E-state index is 0.145. The molecule has 6 nitrogen and oxygen atoms in total. The zero-order chi connectivity index (χ0) is 20.6. The van der Waals surface area contributed by atoms with Crippen LogP contribution in [0, 0.1) is 0 Å². The summed E-state index contributed by atoms with van der Waals surface area (Å²) >= 11 is 7.50. The zero-order valence-corrected chi connectivity index (χ0v) is 17.3. The molecule has 0 radical (unpaired) electrons. The van der Waals surface area contributed by atoms with Crippen molar-refractivity contribution in [3.8, 4) is 17.0 Å². The van der Waals surface area contributed by atoms with Gasteiger partial charge < -0.3 is 15.4 Å². The highest BCUT2D eigenvalue weighted by Crippen LogP contribution is 2.31. The maximum atomic E-state index is 12.1. The number of carbonyl (C=O) groups excluding carboxylic acids is 2. The molecule has 3 aromatic rings. The zero-order valence-electron chi connectivity index (χ0n) is 15.8. The number of aromatic nitrogens is 1. The average Bonchev–Trinajstić information content (AvgIpc) is 3.20.